The molecule has 1 fully saturated rings. The molecule has 2 rings (SSSR count). The molecule has 1 aliphatic heterocycles. The number of likely N-dealkylation sites (tertiary alicyclic amines) is 1. The van der Waals surface area contributed by atoms with Crippen molar-refractivity contribution in [3.8, 4) is 0 Å². The van der Waals surface area contributed by atoms with Gasteiger partial charge in [0.25, 0.3) is 5.92 Å². The van der Waals surface area contributed by atoms with Gasteiger partial charge in [-0.15, -0.1) is 0 Å². The molecule has 0 bridgehead atoms. The fourth-order valence-corrected chi connectivity index (χ4v) is 2.70. The van der Waals surface area contributed by atoms with Gasteiger partial charge in [-0.25, -0.2) is 8.78 Å². The van der Waals surface area contributed by atoms with Crippen molar-refractivity contribution in [2.75, 3.05) is 19.6 Å². The van der Waals surface area contributed by atoms with Crippen molar-refractivity contribution in [3.63, 3.8) is 0 Å². The highest BCUT2D eigenvalue weighted by Gasteiger charge is 2.32. The Bertz CT molecular complexity index is 445. The molecule has 0 atom stereocenters. The van der Waals surface area contributed by atoms with E-state index in [0.717, 1.165) is 18.4 Å². The average Bonchev–Trinajstić information content (AvgIpc) is 2.53. The zero-order valence-corrected chi connectivity index (χ0v) is 12.7. The summed E-state index contributed by atoms with van der Waals surface area (Å²) in [5.41, 5.74) is 1.13. The van der Waals surface area contributed by atoms with Crippen LogP contribution in [0.3, 0.4) is 0 Å². The summed E-state index contributed by atoms with van der Waals surface area (Å²) in [5, 5.41) is 0. The molecule has 22 heavy (non-hydrogen) atoms. The van der Waals surface area contributed by atoms with E-state index in [1.807, 2.05) is 30.3 Å². The molecule has 0 N–H and O–H groups in total. The Labute approximate surface area is 130 Å². The number of ether oxygens (including phenoxy) is 1. The maximum Gasteiger partial charge on any atom is 0.260 e. The van der Waals surface area contributed by atoms with E-state index in [1.54, 1.807) is 4.90 Å². The van der Waals surface area contributed by atoms with E-state index < -0.39 is 5.92 Å². The number of hydrogen-bond acceptors (Lipinski definition) is 3. The minimum Gasteiger partial charge on any atom is -0.373 e. The molecule has 0 amide bonds. The van der Waals surface area contributed by atoms with Gasteiger partial charge in [0.15, 0.2) is 0 Å². The number of alkyl halides is 2. The van der Waals surface area contributed by atoms with E-state index >= 15 is 0 Å². The molecular weight excluding hydrogens is 288 g/mol. The molecule has 1 heterocycles. The first kappa shape index (κ1) is 17.0. The topological polar surface area (TPSA) is 29.5 Å². The van der Waals surface area contributed by atoms with Crippen molar-refractivity contribution in [2.24, 2.45) is 0 Å². The number of rotatable bonds is 8. The number of aldehydes is 1. The van der Waals surface area contributed by atoms with Crippen LogP contribution in [0.2, 0.25) is 0 Å². The molecule has 0 spiro atoms. The lowest BCUT2D eigenvalue weighted by atomic mass is 10.1. The molecule has 0 aromatic heterocycles. The van der Waals surface area contributed by atoms with Gasteiger partial charge in [0.05, 0.1) is 19.3 Å². The van der Waals surface area contributed by atoms with Crippen LogP contribution in [0.15, 0.2) is 30.3 Å². The summed E-state index contributed by atoms with van der Waals surface area (Å²) in [4.78, 5) is 12.0. The lowest BCUT2D eigenvalue weighted by Gasteiger charge is -2.34. The monoisotopic (exact) mass is 311 g/mol. The van der Waals surface area contributed by atoms with Crippen molar-refractivity contribution in [2.45, 2.75) is 44.3 Å². The number of nitrogens with zero attached hydrogens (tertiary/aromatic N) is 1. The van der Waals surface area contributed by atoms with Crippen molar-refractivity contribution < 1.29 is 18.3 Å². The summed E-state index contributed by atoms with van der Waals surface area (Å²) in [6.45, 7) is 1.56. The van der Waals surface area contributed by atoms with Gasteiger partial charge in [0.2, 0.25) is 0 Å². The van der Waals surface area contributed by atoms with Gasteiger partial charge in [-0.2, -0.15) is 0 Å². The van der Waals surface area contributed by atoms with Crippen LogP contribution < -0.4 is 0 Å². The van der Waals surface area contributed by atoms with Crippen LogP contribution in [0.1, 0.15) is 31.2 Å². The number of carbonyl (C=O) groups is 1. The van der Waals surface area contributed by atoms with Crippen LogP contribution in [-0.4, -0.2) is 42.8 Å². The van der Waals surface area contributed by atoms with Crippen molar-refractivity contribution in [1.82, 2.24) is 4.90 Å². The molecule has 122 valence electrons. The van der Waals surface area contributed by atoms with Gasteiger partial charge in [0, 0.05) is 25.9 Å². The van der Waals surface area contributed by atoms with Crippen molar-refractivity contribution in [1.29, 1.82) is 0 Å². The maximum atomic E-state index is 13.6. The number of hydrogen-bond donors (Lipinski definition) is 0. The summed E-state index contributed by atoms with van der Waals surface area (Å²) in [6.07, 6.45) is 1.80. The zero-order chi connectivity index (χ0) is 15.8. The lowest BCUT2D eigenvalue weighted by Crippen LogP contribution is -2.43. The Hall–Kier alpha value is -1.33. The Kier molecular flexibility index (Phi) is 6.46. The molecule has 3 nitrogen and oxygen atoms in total. The molecule has 1 aliphatic rings. The minimum absolute atomic E-state index is 0.0797. The quantitative estimate of drug-likeness (QED) is 0.690. The van der Waals surface area contributed by atoms with Crippen molar-refractivity contribution >= 4 is 6.29 Å². The van der Waals surface area contributed by atoms with Gasteiger partial charge in [-0.05, 0) is 18.4 Å². The molecule has 0 unspecified atom stereocenters. The maximum absolute atomic E-state index is 13.6. The van der Waals surface area contributed by atoms with E-state index in [9.17, 15) is 13.6 Å². The molecule has 0 radical (unpaired) electrons. The van der Waals surface area contributed by atoms with Crippen LogP contribution in [0.25, 0.3) is 0 Å². The normalized spacial score (nSPS) is 17.5. The molecule has 0 aliphatic carbocycles. The van der Waals surface area contributed by atoms with E-state index in [2.05, 4.69) is 0 Å². The van der Waals surface area contributed by atoms with Gasteiger partial charge >= 0.3 is 0 Å². The second kappa shape index (κ2) is 8.34. The van der Waals surface area contributed by atoms with Gasteiger partial charge < -0.3 is 9.53 Å². The first-order valence-corrected chi connectivity index (χ1v) is 7.78. The molecule has 1 saturated heterocycles. The third-order valence-electron chi connectivity index (χ3n) is 3.95. The second-order valence-electron chi connectivity index (χ2n) is 5.83. The number of halogens is 2. The summed E-state index contributed by atoms with van der Waals surface area (Å²) >= 11 is 0. The van der Waals surface area contributed by atoms with Gasteiger partial charge in [-0.1, -0.05) is 30.3 Å². The zero-order valence-electron chi connectivity index (χ0n) is 12.7. The highest BCUT2D eigenvalue weighted by molar-refractivity contribution is 5.49. The molecule has 5 heteroatoms. The van der Waals surface area contributed by atoms with Crippen LogP contribution in [0.4, 0.5) is 8.78 Å². The first-order chi connectivity index (χ1) is 10.6. The molecule has 1 aromatic rings. The number of carbonyl (C=O) groups excluding carboxylic acids is 1. The van der Waals surface area contributed by atoms with E-state index in [1.165, 1.54) is 0 Å². The second-order valence-corrected chi connectivity index (χ2v) is 5.83. The summed E-state index contributed by atoms with van der Waals surface area (Å²) in [6, 6.07) is 9.95. The summed E-state index contributed by atoms with van der Waals surface area (Å²) in [7, 11) is 0. The van der Waals surface area contributed by atoms with Gasteiger partial charge in [0.1, 0.15) is 6.29 Å². The Morgan fingerprint density at radius 1 is 1.23 bits per heavy atom. The average molecular weight is 311 g/mol. The molecule has 1 aromatic carbocycles. The third kappa shape index (κ3) is 5.81. The SMILES string of the molecule is O=CCCC(F)(F)CN1CCC(OCc2ccccc2)CC1. The summed E-state index contributed by atoms with van der Waals surface area (Å²) in [5.74, 6) is -2.78. The fraction of sp³-hybridized carbons (Fsp3) is 0.588. The van der Waals surface area contributed by atoms with Crippen LogP contribution in [0.5, 0.6) is 0 Å². The van der Waals surface area contributed by atoms with E-state index in [-0.39, 0.29) is 25.5 Å². The summed E-state index contributed by atoms with van der Waals surface area (Å²) < 4.78 is 33.1. The van der Waals surface area contributed by atoms with E-state index in [0.29, 0.717) is 26.0 Å². The Morgan fingerprint density at radius 3 is 2.55 bits per heavy atom. The molecule has 0 saturated carbocycles. The Morgan fingerprint density at radius 2 is 1.91 bits per heavy atom. The minimum atomic E-state index is -2.78. The smallest absolute Gasteiger partial charge is 0.260 e. The number of benzene rings is 1. The van der Waals surface area contributed by atoms with E-state index in [4.69, 9.17) is 4.74 Å². The van der Waals surface area contributed by atoms with Crippen LogP contribution >= 0.6 is 0 Å². The predicted octanol–water partition coefficient (Wildman–Crippen LogP) is 3.28. The Balaban J connectivity index is 1.68. The van der Waals surface area contributed by atoms with Crippen LogP contribution in [0, 0.1) is 0 Å². The fourth-order valence-electron chi connectivity index (χ4n) is 2.70. The van der Waals surface area contributed by atoms with Crippen LogP contribution in [-0.2, 0) is 16.1 Å². The number of piperidine rings is 1. The van der Waals surface area contributed by atoms with Crippen molar-refractivity contribution in [3.05, 3.63) is 35.9 Å². The third-order valence-corrected chi connectivity index (χ3v) is 3.95. The molecular formula is C17H23F2NO2. The lowest BCUT2D eigenvalue weighted by molar-refractivity contribution is -0.110. The highest BCUT2D eigenvalue weighted by atomic mass is 19.3. The predicted molar refractivity (Wildman–Crippen MR) is 80.9 cm³/mol. The van der Waals surface area contributed by atoms with Gasteiger partial charge in [-0.3, -0.25) is 4.90 Å². The first-order valence-electron chi connectivity index (χ1n) is 7.78. The highest BCUT2D eigenvalue weighted by Crippen LogP contribution is 2.24. The standard InChI is InChI=1S/C17H23F2NO2/c18-17(19,9-4-12-21)14-20-10-7-16(8-11-20)22-13-15-5-2-1-3-6-15/h1-3,5-6,12,16H,4,7-11,13-14H2. The largest absolute Gasteiger partial charge is 0.373 e.